The minimum atomic E-state index is -0.0845. The molecule has 0 aliphatic carbocycles. The molecule has 5 heteroatoms. The van der Waals surface area contributed by atoms with Crippen LogP contribution in [0.2, 0.25) is 0 Å². The summed E-state index contributed by atoms with van der Waals surface area (Å²) in [5.41, 5.74) is 0. The number of hydrogen-bond donors (Lipinski definition) is 3. The van der Waals surface area contributed by atoms with Gasteiger partial charge in [0.2, 0.25) is 0 Å². The molecule has 1 aliphatic heterocycles. The van der Waals surface area contributed by atoms with E-state index in [4.69, 9.17) is 0 Å². The van der Waals surface area contributed by atoms with Gasteiger partial charge in [-0.15, -0.1) is 12.4 Å². The van der Waals surface area contributed by atoms with Crippen molar-refractivity contribution < 1.29 is 4.79 Å². The molecule has 1 fully saturated rings. The van der Waals surface area contributed by atoms with Gasteiger partial charge in [0, 0.05) is 19.6 Å². The first kappa shape index (κ1) is 11.5. The average molecular weight is 194 g/mol. The molecule has 4 nitrogen and oxygen atoms in total. The van der Waals surface area contributed by atoms with E-state index in [-0.39, 0.29) is 18.4 Å². The van der Waals surface area contributed by atoms with Gasteiger partial charge in [0.05, 0.1) is 0 Å². The van der Waals surface area contributed by atoms with Gasteiger partial charge in [-0.3, -0.25) is 0 Å². The molecule has 0 aromatic heterocycles. The number of nitrogens with one attached hydrogen (secondary N) is 3. The standard InChI is InChI=1S/C7H15N3O.ClH/c1-8-7(11)10-6-3-2-4-9-5-6;/h6,9H,2-5H2,1H3,(H2,8,10,11);1H/t6-;/m0./s1. The third-order valence-corrected chi connectivity index (χ3v) is 1.86. The van der Waals surface area contributed by atoms with E-state index in [1.54, 1.807) is 7.05 Å². The van der Waals surface area contributed by atoms with Crippen LogP contribution in [0.3, 0.4) is 0 Å². The van der Waals surface area contributed by atoms with E-state index in [1.807, 2.05) is 0 Å². The summed E-state index contributed by atoms with van der Waals surface area (Å²) in [6.07, 6.45) is 2.23. The normalized spacial score (nSPS) is 22.2. The first-order chi connectivity index (χ1) is 5.33. The summed E-state index contributed by atoms with van der Waals surface area (Å²) in [5.74, 6) is 0. The Morgan fingerprint density at radius 2 is 2.33 bits per heavy atom. The van der Waals surface area contributed by atoms with E-state index in [9.17, 15) is 4.79 Å². The van der Waals surface area contributed by atoms with Gasteiger partial charge in [-0.05, 0) is 19.4 Å². The van der Waals surface area contributed by atoms with Crippen LogP contribution in [0.5, 0.6) is 0 Å². The highest BCUT2D eigenvalue weighted by Crippen LogP contribution is 2.00. The minimum Gasteiger partial charge on any atom is -0.341 e. The lowest BCUT2D eigenvalue weighted by Crippen LogP contribution is -2.48. The zero-order valence-corrected chi connectivity index (χ0v) is 8.04. The van der Waals surface area contributed by atoms with Crippen molar-refractivity contribution in [2.45, 2.75) is 18.9 Å². The van der Waals surface area contributed by atoms with Gasteiger partial charge in [0.25, 0.3) is 0 Å². The summed E-state index contributed by atoms with van der Waals surface area (Å²) in [5, 5.41) is 8.61. The molecule has 2 amide bonds. The largest absolute Gasteiger partial charge is 0.341 e. The van der Waals surface area contributed by atoms with Gasteiger partial charge >= 0.3 is 6.03 Å². The van der Waals surface area contributed by atoms with Crippen LogP contribution >= 0.6 is 12.4 Å². The molecule has 1 heterocycles. The Kier molecular flexibility index (Phi) is 5.84. The lowest BCUT2D eigenvalue weighted by molar-refractivity contribution is 0.236. The summed E-state index contributed by atoms with van der Waals surface area (Å²) in [7, 11) is 1.63. The van der Waals surface area contributed by atoms with Crippen molar-refractivity contribution >= 4 is 18.4 Å². The second-order valence-corrected chi connectivity index (χ2v) is 2.77. The second-order valence-electron chi connectivity index (χ2n) is 2.77. The van der Waals surface area contributed by atoms with Crippen molar-refractivity contribution in [3.05, 3.63) is 0 Å². The number of carbonyl (C=O) groups is 1. The summed E-state index contributed by atoms with van der Waals surface area (Å²) in [4.78, 5) is 10.8. The van der Waals surface area contributed by atoms with Crippen LogP contribution in [-0.4, -0.2) is 32.2 Å². The highest BCUT2D eigenvalue weighted by Gasteiger charge is 2.13. The summed E-state index contributed by atoms with van der Waals surface area (Å²) in [6, 6.07) is 0.224. The predicted molar refractivity (Wildman–Crippen MR) is 50.7 cm³/mol. The van der Waals surface area contributed by atoms with E-state index >= 15 is 0 Å². The van der Waals surface area contributed by atoms with Crippen LogP contribution in [0, 0.1) is 0 Å². The smallest absolute Gasteiger partial charge is 0.314 e. The van der Waals surface area contributed by atoms with Crippen LogP contribution in [0.1, 0.15) is 12.8 Å². The van der Waals surface area contributed by atoms with Crippen LogP contribution < -0.4 is 16.0 Å². The van der Waals surface area contributed by atoms with E-state index in [0.717, 1.165) is 25.9 Å². The molecule has 72 valence electrons. The zero-order chi connectivity index (χ0) is 8.10. The molecule has 1 aliphatic rings. The summed E-state index contributed by atoms with van der Waals surface area (Å²) < 4.78 is 0. The molecule has 0 aromatic carbocycles. The Balaban J connectivity index is 0.00000121. The Hall–Kier alpha value is -0.480. The molecular weight excluding hydrogens is 178 g/mol. The molecule has 0 aromatic rings. The molecule has 0 radical (unpaired) electrons. The van der Waals surface area contributed by atoms with Crippen LogP contribution in [0.4, 0.5) is 4.79 Å². The monoisotopic (exact) mass is 193 g/mol. The van der Waals surface area contributed by atoms with Gasteiger partial charge in [0.15, 0.2) is 0 Å². The lowest BCUT2D eigenvalue weighted by atomic mass is 10.1. The zero-order valence-electron chi connectivity index (χ0n) is 7.22. The van der Waals surface area contributed by atoms with E-state index in [0.29, 0.717) is 6.04 Å². The average Bonchev–Trinajstić information content (AvgIpc) is 2.06. The molecule has 3 N–H and O–H groups in total. The maximum atomic E-state index is 10.8. The first-order valence-electron chi connectivity index (χ1n) is 4.02. The number of rotatable bonds is 1. The quantitative estimate of drug-likeness (QED) is 0.553. The van der Waals surface area contributed by atoms with E-state index < -0.39 is 0 Å². The third-order valence-electron chi connectivity index (χ3n) is 1.86. The highest BCUT2D eigenvalue weighted by atomic mass is 35.5. The Labute approximate surface area is 78.9 Å². The number of carbonyl (C=O) groups excluding carboxylic acids is 1. The molecule has 0 unspecified atom stereocenters. The topological polar surface area (TPSA) is 53.2 Å². The predicted octanol–water partition coefficient (Wildman–Crippen LogP) is 0.0892. The molecule has 0 spiro atoms. The SMILES string of the molecule is CNC(=O)N[C@H]1CCCNC1.Cl. The summed E-state index contributed by atoms with van der Waals surface area (Å²) >= 11 is 0. The van der Waals surface area contributed by atoms with Gasteiger partial charge < -0.3 is 16.0 Å². The van der Waals surface area contributed by atoms with Gasteiger partial charge in [-0.25, -0.2) is 4.79 Å². The fourth-order valence-electron chi connectivity index (χ4n) is 1.23. The third kappa shape index (κ3) is 3.78. The molecule has 1 rings (SSSR count). The Bertz CT molecular complexity index is 137. The molecular formula is C7H16ClN3O. The Morgan fingerprint density at radius 3 is 2.83 bits per heavy atom. The maximum Gasteiger partial charge on any atom is 0.314 e. The number of piperidine rings is 1. The molecule has 12 heavy (non-hydrogen) atoms. The van der Waals surface area contributed by atoms with Crippen LogP contribution in [0.25, 0.3) is 0 Å². The van der Waals surface area contributed by atoms with Crippen molar-refractivity contribution in [2.24, 2.45) is 0 Å². The minimum absolute atomic E-state index is 0. The fourth-order valence-corrected chi connectivity index (χ4v) is 1.23. The molecule has 0 bridgehead atoms. The van der Waals surface area contributed by atoms with Gasteiger partial charge in [-0.2, -0.15) is 0 Å². The number of halogens is 1. The van der Waals surface area contributed by atoms with Crippen molar-refractivity contribution in [3.8, 4) is 0 Å². The van der Waals surface area contributed by atoms with Crippen molar-refractivity contribution in [1.82, 2.24) is 16.0 Å². The number of hydrogen-bond acceptors (Lipinski definition) is 2. The Morgan fingerprint density at radius 1 is 1.58 bits per heavy atom. The molecule has 0 saturated carbocycles. The first-order valence-corrected chi connectivity index (χ1v) is 4.02. The van der Waals surface area contributed by atoms with Crippen molar-refractivity contribution in [1.29, 1.82) is 0 Å². The lowest BCUT2D eigenvalue weighted by Gasteiger charge is -2.23. The van der Waals surface area contributed by atoms with Gasteiger partial charge in [-0.1, -0.05) is 0 Å². The number of urea groups is 1. The van der Waals surface area contributed by atoms with Crippen LogP contribution in [0.15, 0.2) is 0 Å². The maximum absolute atomic E-state index is 10.8. The highest BCUT2D eigenvalue weighted by molar-refractivity contribution is 5.85. The van der Waals surface area contributed by atoms with Crippen molar-refractivity contribution in [2.75, 3.05) is 20.1 Å². The van der Waals surface area contributed by atoms with Crippen LogP contribution in [-0.2, 0) is 0 Å². The van der Waals surface area contributed by atoms with E-state index in [2.05, 4.69) is 16.0 Å². The van der Waals surface area contributed by atoms with E-state index in [1.165, 1.54) is 0 Å². The molecule has 1 saturated heterocycles. The summed E-state index contributed by atoms with van der Waals surface area (Å²) in [6.45, 7) is 1.97. The molecule has 1 atom stereocenters. The van der Waals surface area contributed by atoms with Gasteiger partial charge in [0.1, 0.15) is 0 Å². The fraction of sp³-hybridized carbons (Fsp3) is 0.857. The van der Waals surface area contributed by atoms with Crippen molar-refractivity contribution in [3.63, 3.8) is 0 Å². The second kappa shape index (κ2) is 6.08. The number of amides is 2.